The van der Waals surface area contributed by atoms with Gasteiger partial charge < -0.3 is 10.3 Å². The monoisotopic (exact) mass is 152 g/mol. The quantitative estimate of drug-likeness (QED) is 0.697. The SMILES string of the molecule is CCn1cccc1C[C@@H](C)N. The van der Waals surface area contributed by atoms with Crippen LogP contribution in [0.3, 0.4) is 0 Å². The van der Waals surface area contributed by atoms with Gasteiger partial charge in [0.2, 0.25) is 0 Å². The molecule has 0 spiro atoms. The second-order valence-corrected chi connectivity index (χ2v) is 2.97. The summed E-state index contributed by atoms with van der Waals surface area (Å²) in [6.07, 6.45) is 3.07. The summed E-state index contributed by atoms with van der Waals surface area (Å²) in [4.78, 5) is 0. The Balaban J connectivity index is 2.68. The zero-order valence-electron chi connectivity index (χ0n) is 7.25. The predicted molar refractivity (Wildman–Crippen MR) is 47.5 cm³/mol. The molecule has 0 aliphatic carbocycles. The van der Waals surface area contributed by atoms with Gasteiger partial charge in [-0.25, -0.2) is 0 Å². The van der Waals surface area contributed by atoms with Crippen molar-refractivity contribution in [2.24, 2.45) is 5.73 Å². The van der Waals surface area contributed by atoms with Crippen LogP contribution >= 0.6 is 0 Å². The highest BCUT2D eigenvalue weighted by Crippen LogP contribution is 2.04. The minimum absolute atomic E-state index is 0.259. The van der Waals surface area contributed by atoms with Crippen LogP contribution in [0, 0.1) is 0 Å². The molecule has 0 aliphatic rings. The van der Waals surface area contributed by atoms with E-state index in [0.29, 0.717) is 0 Å². The molecule has 62 valence electrons. The van der Waals surface area contributed by atoms with Crippen molar-refractivity contribution in [3.8, 4) is 0 Å². The normalized spacial score (nSPS) is 13.4. The lowest BCUT2D eigenvalue weighted by molar-refractivity contribution is 0.654. The van der Waals surface area contributed by atoms with Gasteiger partial charge in [-0.3, -0.25) is 0 Å². The Morgan fingerprint density at radius 2 is 2.36 bits per heavy atom. The summed E-state index contributed by atoms with van der Waals surface area (Å²) in [6.45, 7) is 5.22. The highest BCUT2D eigenvalue weighted by atomic mass is 15.0. The Hall–Kier alpha value is -0.760. The number of nitrogens with two attached hydrogens (primary N) is 1. The van der Waals surface area contributed by atoms with E-state index in [0.717, 1.165) is 13.0 Å². The predicted octanol–water partition coefficient (Wildman–Crippen LogP) is 1.40. The summed E-state index contributed by atoms with van der Waals surface area (Å²) in [5.74, 6) is 0. The lowest BCUT2D eigenvalue weighted by Gasteiger charge is -2.07. The lowest BCUT2D eigenvalue weighted by Crippen LogP contribution is -2.19. The number of hydrogen-bond donors (Lipinski definition) is 1. The van der Waals surface area contributed by atoms with E-state index in [4.69, 9.17) is 5.73 Å². The van der Waals surface area contributed by atoms with E-state index in [1.165, 1.54) is 5.69 Å². The first-order valence-electron chi connectivity index (χ1n) is 4.13. The van der Waals surface area contributed by atoms with Gasteiger partial charge in [0.25, 0.3) is 0 Å². The maximum atomic E-state index is 5.69. The van der Waals surface area contributed by atoms with Gasteiger partial charge in [0.15, 0.2) is 0 Å². The second-order valence-electron chi connectivity index (χ2n) is 2.97. The van der Waals surface area contributed by atoms with E-state index in [1.807, 2.05) is 6.92 Å². The van der Waals surface area contributed by atoms with E-state index >= 15 is 0 Å². The summed E-state index contributed by atoms with van der Waals surface area (Å²) in [5, 5.41) is 0. The van der Waals surface area contributed by atoms with Crippen molar-refractivity contribution in [1.29, 1.82) is 0 Å². The number of aromatic nitrogens is 1. The summed E-state index contributed by atoms with van der Waals surface area (Å²) in [5.41, 5.74) is 7.03. The van der Waals surface area contributed by atoms with Crippen molar-refractivity contribution >= 4 is 0 Å². The fourth-order valence-corrected chi connectivity index (χ4v) is 1.27. The number of nitrogens with zero attached hydrogens (tertiary/aromatic N) is 1. The maximum Gasteiger partial charge on any atom is 0.0193 e. The van der Waals surface area contributed by atoms with Crippen LogP contribution in [0.5, 0.6) is 0 Å². The Morgan fingerprint density at radius 1 is 1.64 bits per heavy atom. The van der Waals surface area contributed by atoms with Crippen LogP contribution < -0.4 is 5.73 Å². The van der Waals surface area contributed by atoms with E-state index in [2.05, 4.69) is 29.8 Å². The van der Waals surface area contributed by atoms with Gasteiger partial charge in [-0.15, -0.1) is 0 Å². The van der Waals surface area contributed by atoms with E-state index in [1.54, 1.807) is 0 Å². The Bertz CT molecular complexity index is 213. The number of rotatable bonds is 3. The molecule has 1 aromatic heterocycles. The van der Waals surface area contributed by atoms with Gasteiger partial charge in [0.05, 0.1) is 0 Å². The van der Waals surface area contributed by atoms with Crippen molar-refractivity contribution in [3.05, 3.63) is 24.0 Å². The van der Waals surface area contributed by atoms with Gasteiger partial charge in [-0.2, -0.15) is 0 Å². The molecule has 0 fully saturated rings. The summed E-state index contributed by atoms with van der Waals surface area (Å²) < 4.78 is 2.23. The molecule has 0 bridgehead atoms. The first-order chi connectivity index (χ1) is 5.24. The molecular formula is C9H16N2. The first-order valence-corrected chi connectivity index (χ1v) is 4.13. The topological polar surface area (TPSA) is 30.9 Å². The summed E-state index contributed by atoms with van der Waals surface area (Å²) >= 11 is 0. The fourth-order valence-electron chi connectivity index (χ4n) is 1.27. The number of aryl methyl sites for hydroxylation is 1. The molecule has 0 amide bonds. The summed E-state index contributed by atoms with van der Waals surface area (Å²) in [6, 6.07) is 4.46. The third kappa shape index (κ3) is 2.09. The van der Waals surface area contributed by atoms with Crippen LogP contribution in [0.2, 0.25) is 0 Å². The molecule has 0 aromatic carbocycles. The van der Waals surface area contributed by atoms with Crippen molar-refractivity contribution in [1.82, 2.24) is 4.57 Å². The van der Waals surface area contributed by atoms with E-state index in [-0.39, 0.29) is 6.04 Å². The standard InChI is InChI=1S/C9H16N2/c1-3-11-6-4-5-9(11)7-8(2)10/h4-6,8H,3,7,10H2,1-2H3/t8-/m1/s1. The van der Waals surface area contributed by atoms with Gasteiger partial charge in [-0.1, -0.05) is 0 Å². The molecule has 1 heterocycles. The van der Waals surface area contributed by atoms with Crippen molar-refractivity contribution in [2.45, 2.75) is 32.9 Å². The molecule has 2 N–H and O–H groups in total. The number of hydrogen-bond acceptors (Lipinski definition) is 1. The third-order valence-electron chi connectivity index (χ3n) is 1.80. The molecule has 1 aromatic rings. The molecule has 11 heavy (non-hydrogen) atoms. The molecule has 2 heteroatoms. The average molecular weight is 152 g/mol. The molecule has 0 saturated carbocycles. The molecule has 1 atom stereocenters. The smallest absolute Gasteiger partial charge is 0.0193 e. The minimum Gasteiger partial charge on any atom is -0.352 e. The molecule has 2 nitrogen and oxygen atoms in total. The van der Waals surface area contributed by atoms with Crippen LogP contribution in [0.15, 0.2) is 18.3 Å². The lowest BCUT2D eigenvalue weighted by atomic mass is 10.2. The van der Waals surface area contributed by atoms with Crippen LogP contribution in [0.4, 0.5) is 0 Å². The molecule has 1 rings (SSSR count). The van der Waals surface area contributed by atoms with Crippen LogP contribution in [-0.2, 0) is 13.0 Å². The summed E-state index contributed by atoms with van der Waals surface area (Å²) in [7, 11) is 0. The van der Waals surface area contributed by atoms with Gasteiger partial charge >= 0.3 is 0 Å². The van der Waals surface area contributed by atoms with Crippen LogP contribution in [0.25, 0.3) is 0 Å². The van der Waals surface area contributed by atoms with E-state index < -0.39 is 0 Å². The second kappa shape index (κ2) is 3.58. The third-order valence-corrected chi connectivity index (χ3v) is 1.80. The highest BCUT2D eigenvalue weighted by molar-refractivity contribution is 5.08. The molecular weight excluding hydrogens is 136 g/mol. The Morgan fingerprint density at radius 3 is 2.91 bits per heavy atom. The van der Waals surface area contributed by atoms with Crippen LogP contribution in [0.1, 0.15) is 19.5 Å². The van der Waals surface area contributed by atoms with Crippen molar-refractivity contribution in [2.75, 3.05) is 0 Å². The van der Waals surface area contributed by atoms with E-state index in [9.17, 15) is 0 Å². The van der Waals surface area contributed by atoms with Crippen molar-refractivity contribution < 1.29 is 0 Å². The molecule has 0 aliphatic heterocycles. The molecule has 0 unspecified atom stereocenters. The van der Waals surface area contributed by atoms with Gasteiger partial charge in [0, 0.05) is 30.9 Å². The van der Waals surface area contributed by atoms with Crippen LogP contribution in [-0.4, -0.2) is 10.6 Å². The zero-order chi connectivity index (χ0) is 8.27. The Kier molecular flexibility index (Phi) is 2.71. The largest absolute Gasteiger partial charge is 0.352 e. The molecule has 0 radical (unpaired) electrons. The average Bonchev–Trinajstić information content (AvgIpc) is 2.34. The highest BCUT2D eigenvalue weighted by Gasteiger charge is 2.00. The molecule has 0 saturated heterocycles. The minimum atomic E-state index is 0.259. The Labute approximate surface area is 68.0 Å². The first kappa shape index (κ1) is 8.34. The van der Waals surface area contributed by atoms with Gasteiger partial charge in [0.1, 0.15) is 0 Å². The maximum absolute atomic E-state index is 5.69. The van der Waals surface area contributed by atoms with Gasteiger partial charge in [-0.05, 0) is 26.0 Å². The zero-order valence-corrected chi connectivity index (χ0v) is 7.25. The van der Waals surface area contributed by atoms with Crippen molar-refractivity contribution in [3.63, 3.8) is 0 Å². The fraction of sp³-hybridized carbons (Fsp3) is 0.556.